The zero-order chi connectivity index (χ0) is 31.5. The largest absolute Gasteiger partial charge is 0.514 e. The van der Waals surface area contributed by atoms with Crippen molar-refractivity contribution in [3.05, 3.63) is 23.8 Å². The van der Waals surface area contributed by atoms with Gasteiger partial charge in [-0.05, 0) is 84.4 Å². The van der Waals surface area contributed by atoms with Gasteiger partial charge in [0, 0.05) is 6.42 Å². The van der Waals surface area contributed by atoms with Crippen LogP contribution in [0.1, 0.15) is 94.1 Å². The van der Waals surface area contributed by atoms with Gasteiger partial charge >= 0.3 is 24.2 Å². The van der Waals surface area contributed by atoms with Gasteiger partial charge in [0.25, 0.3) is 0 Å². The van der Waals surface area contributed by atoms with E-state index in [4.69, 9.17) is 34.2 Å². The quantitative estimate of drug-likeness (QED) is 0.159. The van der Waals surface area contributed by atoms with Crippen molar-refractivity contribution in [2.45, 2.75) is 124 Å². The summed E-state index contributed by atoms with van der Waals surface area (Å²) in [5.41, 5.74) is 5.04. The van der Waals surface area contributed by atoms with Crippen LogP contribution in [0.3, 0.4) is 0 Å². The molecule has 0 bridgehead atoms. The summed E-state index contributed by atoms with van der Waals surface area (Å²) in [6, 6.07) is 3.30. The van der Waals surface area contributed by atoms with Crippen molar-refractivity contribution in [3.8, 4) is 11.5 Å². The second-order valence-electron chi connectivity index (χ2n) is 11.7. The summed E-state index contributed by atoms with van der Waals surface area (Å²) < 4.78 is 32.1. The smallest absolute Gasteiger partial charge is 0.459 e. The molecule has 0 amide bonds. The lowest BCUT2D eigenvalue weighted by Gasteiger charge is -2.24. The molecule has 3 atom stereocenters. The number of hydrogen-bond donors (Lipinski definition) is 1. The molecule has 0 saturated carbocycles. The first-order valence-electron chi connectivity index (χ1n) is 14.0. The van der Waals surface area contributed by atoms with Gasteiger partial charge in [-0.3, -0.25) is 9.59 Å². The Balaban J connectivity index is 3.03. The molecule has 1 rings (SSSR count). The normalized spacial score (nSPS) is 14.0. The fraction of sp³-hybridized carbons (Fsp3) is 0.667. The van der Waals surface area contributed by atoms with Crippen LogP contribution >= 0.6 is 0 Å². The number of esters is 2. The van der Waals surface area contributed by atoms with E-state index in [0.717, 1.165) is 0 Å². The highest BCUT2D eigenvalue weighted by atomic mass is 16.8. The van der Waals surface area contributed by atoms with Crippen LogP contribution in [0, 0.1) is 5.92 Å². The zero-order valence-corrected chi connectivity index (χ0v) is 26.0. The lowest BCUT2D eigenvalue weighted by Crippen LogP contribution is -2.39. The predicted octanol–water partition coefficient (Wildman–Crippen LogP) is 5.87. The molecule has 0 radical (unpaired) electrons. The van der Waals surface area contributed by atoms with E-state index < -0.39 is 47.7 Å². The Hall–Kier alpha value is -3.34. The molecule has 0 aliphatic heterocycles. The van der Waals surface area contributed by atoms with E-state index >= 15 is 0 Å². The molecule has 2 N–H and O–H groups in total. The third kappa shape index (κ3) is 13.2. The molecule has 232 valence electrons. The molecule has 0 spiro atoms. The molecule has 0 aliphatic carbocycles. The van der Waals surface area contributed by atoms with Gasteiger partial charge in [0.2, 0.25) is 0 Å². The molecule has 1 aromatic rings. The molecule has 1 aromatic carbocycles. The summed E-state index contributed by atoms with van der Waals surface area (Å²) >= 11 is 0. The Morgan fingerprint density at radius 2 is 1.27 bits per heavy atom. The van der Waals surface area contributed by atoms with E-state index in [0.29, 0.717) is 18.4 Å². The lowest BCUT2D eigenvalue weighted by molar-refractivity contribution is -0.166. The molecule has 0 aliphatic rings. The van der Waals surface area contributed by atoms with Crippen LogP contribution in [-0.2, 0) is 35.0 Å². The summed E-state index contributed by atoms with van der Waals surface area (Å²) in [5.74, 6) is -1.15. The minimum atomic E-state index is -1.09. The molecular formula is C30H47NO10. The van der Waals surface area contributed by atoms with Gasteiger partial charge in [-0.1, -0.05) is 33.8 Å². The summed E-state index contributed by atoms with van der Waals surface area (Å²) in [6.45, 7) is 17.7. The Kier molecular flexibility index (Phi) is 13.6. The summed E-state index contributed by atoms with van der Waals surface area (Å²) in [5, 5.41) is 0. The third-order valence-electron chi connectivity index (χ3n) is 6.43. The molecule has 41 heavy (non-hydrogen) atoms. The van der Waals surface area contributed by atoms with Crippen LogP contribution in [0.4, 0.5) is 9.59 Å². The number of carbonyl (C=O) groups is 4. The molecule has 0 saturated heterocycles. The average Bonchev–Trinajstić information content (AvgIpc) is 2.84. The van der Waals surface area contributed by atoms with E-state index in [1.165, 1.54) is 12.1 Å². The molecule has 11 heteroatoms. The minimum absolute atomic E-state index is 0.00647. The highest BCUT2D eigenvalue weighted by molar-refractivity contribution is 5.76. The predicted molar refractivity (Wildman–Crippen MR) is 152 cm³/mol. The zero-order valence-electron chi connectivity index (χ0n) is 26.0. The monoisotopic (exact) mass is 581 g/mol. The molecular weight excluding hydrogens is 534 g/mol. The van der Waals surface area contributed by atoms with Crippen molar-refractivity contribution in [3.63, 3.8) is 0 Å². The third-order valence-corrected chi connectivity index (χ3v) is 6.43. The second kappa shape index (κ2) is 15.6. The van der Waals surface area contributed by atoms with E-state index in [-0.39, 0.29) is 36.2 Å². The molecule has 0 unspecified atom stereocenters. The summed E-state index contributed by atoms with van der Waals surface area (Å²) in [6.07, 6.45) is -2.02. The maximum Gasteiger partial charge on any atom is 0.514 e. The van der Waals surface area contributed by atoms with Gasteiger partial charge in [0.15, 0.2) is 11.5 Å². The highest BCUT2D eigenvalue weighted by Gasteiger charge is 2.28. The number of carbonyl (C=O) groups excluding carboxylic acids is 4. The first kappa shape index (κ1) is 35.7. The maximum atomic E-state index is 12.7. The summed E-state index contributed by atoms with van der Waals surface area (Å²) in [4.78, 5) is 49.5. The fourth-order valence-electron chi connectivity index (χ4n) is 3.05. The molecule has 0 aromatic heterocycles. The number of nitrogens with two attached hydrogens (primary N) is 1. The average molecular weight is 582 g/mol. The fourth-order valence-corrected chi connectivity index (χ4v) is 3.05. The van der Waals surface area contributed by atoms with Crippen molar-refractivity contribution in [1.29, 1.82) is 0 Å². The second-order valence-corrected chi connectivity index (χ2v) is 11.7. The van der Waals surface area contributed by atoms with Crippen molar-refractivity contribution in [2.75, 3.05) is 0 Å². The van der Waals surface area contributed by atoms with Crippen molar-refractivity contribution in [2.24, 2.45) is 11.7 Å². The molecule has 11 nitrogen and oxygen atoms in total. The highest BCUT2D eigenvalue weighted by Crippen LogP contribution is 2.31. The van der Waals surface area contributed by atoms with Crippen molar-refractivity contribution in [1.82, 2.24) is 0 Å². The summed E-state index contributed by atoms with van der Waals surface area (Å²) in [7, 11) is 0. The van der Waals surface area contributed by atoms with Gasteiger partial charge in [0.1, 0.15) is 29.5 Å². The van der Waals surface area contributed by atoms with Crippen LogP contribution in [0.2, 0.25) is 0 Å². The maximum absolute atomic E-state index is 12.7. The van der Waals surface area contributed by atoms with E-state index in [1.54, 1.807) is 47.6 Å². The number of benzene rings is 1. The SMILES string of the molecule is CCC(C)(C)OC(=O)Oc1ccc(C[C@H](N)C(=O)O[C@@H](C)[C@H](C)OC(=O)CC(C)C)cc1OC(=O)OC(C)(C)CC. The molecule has 0 fully saturated rings. The number of ether oxygens (including phenoxy) is 6. The van der Waals surface area contributed by atoms with E-state index in [9.17, 15) is 19.2 Å². The Bertz CT molecular complexity index is 1050. The van der Waals surface area contributed by atoms with Crippen LogP contribution in [-0.4, -0.2) is 53.7 Å². The van der Waals surface area contributed by atoms with Crippen molar-refractivity contribution >= 4 is 24.2 Å². The standard InChI is InChI=1S/C30H47NO10/c1-11-29(7,8)40-27(34)38-23-14-13-21(17-24(23)39-28(35)41-30(9,10)12-2)16-22(31)26(33)37-20(6)19(5)36-25(32)15-18(3)4/h13-14,17-20,22H,11-12,15-16,31H2,1-10H3/t19-,20-,22-/m0/s1. The first-order valence-corrected chi connectivity index (χ1v) is 14.0. The van der Waals surface area contributed by atoms with Crippen LogP contribution < -0.4 is 15.2 Å². The number of rotatable bonds is 14. The van der Waals surface area contributed by atoms with Gasteiger partial charge in [-0.25, -0.2) is 9.59 Å². The van der Waals surface area contributed by atoms with Gasteiger partial charge in [-0.15, -0.1) is 0 Å². The molecule has 0 heterocycles. The van der Waals surface area contributed by atoms with E-state index in [2.05, 4.69) is 0 Å². The van der Waals surface area contributed by atoms with Crippen LogP contribution in [0.15, 0.2) is 18.2 Å². The first-order chi connectivity index (χ1) is 18.9. The minimum Gasteiger partial charge on any atom is -0.459 e. The van der Waals surface area contributed by atoms with Crippen LogP contribution in [0.5, 0.6) is 11.5 Å². The Morgan fingerprint density at radius 1 is 0.780 bits per heavy atom. The Morgan fingerprint density at radius 3 is 1.76 bits per heavy atom. The van der Waals surface area contributed by atoms with E-state index in [1.807, 2.05) is 27.7 Å². The Labute approximate surface area is 243 Å². The van der Waals surface area contributed by atoms with Crippen LogP contribution in [0.25, 0.3) is 0 Å². The lowest BCUT2D eigenvalue weighted by atomic mass is 10.1. The van der Waals surface area contributed by atoms with Gasteiger partial charge < -0.3 is 34.2 Å². The number of hydrogen-bond acceptors (Lipinski definition) is 11. The topological polar surface area (TPSA) is 150 Å². The van der Waals surface area contributed by atoms with Crippen molar-refractivity contribution < 1.29 is 47.6 Å². The van der Waals surface area contributed by atoms with Gasteiger partial charge in [-0.2, -0.15) is 0 Å². The van der Waals surface area contributed by atoms with Gasteiger partial charge in [0.05, 0.1) is 0 Å².